The number of sulfonamides is 1. The number of carbonyl (C=O) groups excluding carboxylic acids is 1. The summed E-state index contributed by atoms with van der Waals surface area (Å²) in [6.07, 6.45) is 3.10. The van der Waals surface area contributed by atoms with E-state index in [-0.39, 0.29) is 34.5 Å². The summed E-state index contributed by atoms with van der Waals surface area (Å²) < 4.78 is 34.0. The van der Waals surface area contributed by atoms with Crippen LogP contribution >= 0.6 is 0 Å². The van der Waals surface area contributed by atoms with Gasteiger partial charge in [0.1, 0.15) is 0 Å². The fourth-order valence-corrected chi connectivity index (χ4v) is 6.83. The van der Waals surface area contributed by atoms with E-state index in [9.17, 15) is 13.2 Å². The number of aromatic nitrogens is 2. The third kappa shape index (κ3) is 2.75. The van der Waals surface area contributed by atoms with Gasteiger partial charge in [0, 0.05) is 31.7 Å². The average molecular weight is 431 g/mol. The molecule has 1 saturated heterocycles. The van der Waals surface area contributed by atoms with Gasteiger partial charge in [0.05, 0.1) is 16.7 Å². The maximum atomic E-state index is 13.5. The first kappa shape index (κ1) is 19.7. The molecule has 0 N–H and O–H groups in total. The molecule has 8 nitrogen and oxygen atoms in total. The third-order valence-electron chi connectivity index (χ3n) is 6.99. The number of amides is 1. The van der Waals surface area contributed by atoms with Gasteiger partial charge in [0.15, 0.2) is 5.82 Å². The summed E-state index contributed by atoms with van der Waals surface area (Å²) in [7, 11) is -1.96. The van der Waals surface area contributed by atoms with Crippen LogP contribution in [0.25, 0.3) is 0 Å². The van der Waals surface area contributed by atoms with Gasteiger partial charge < -0.3 is 9.42 Å². The molecule has 2 aliphatic heterocycles. The molecule has 1 aliphatic carbocycles. The van der Waals surface area contributed by atoms with Gasteiger partial charge in [0.2, 0.25) is 21.8 Å². The molecule has 0 unspecified atom stereocenters. The van der Waals surface area contributed by atoms with E-state index >= 15 is 0 Å². The van der Waals surface area contributed by atoms with Gasteiger partial charge in [-0.3, -0.25) is 4.79 Å². The van der Waals surface area contributed by atoms with Crippen LogP contribution in [0, 0.1) is 5.92 Å². The minimum absolute atomic E-state index is 0.0210. The lowest BCUT2D eigenvalue weighted by atomic mass is 9.80. The van der Waals surface area contributed by atoms with Crippen molar-refractivity contribution in [1.29, 1.82) is 0 Å². The monoisotopic (exact) mass is 430 g/mol. The molecule has 3 aliphatic rings. The molecule has 5 rings (SSSR count). The number of fused-ring (bicyclic) bond motifs is 2. The Morgan fingerprint density at radius 2 is 2.10 bits per heavy atom. The van der Waals surface area contributed by atoms with E-state index in [0.717, 1.165) is 30.5 Å². The Morgan fingerprint density at radius 1 is 1.30 bits per heavy atom. The predicted octanol–water partition coefficient (Wildman–Crippen LogP) is 2.45. The highest BCUT2D eigenvalue weighted by Gasteiger charge is 2.56. The van der Waals surface area contributed by atoms with Gasteiger partial charge >= 0.3 is 0 Å². The van der Waals surface area contributed by atoms with Crippen LogP contribution in [-0.4, -0.2) is 48.9 Å². The molecule has 2 fully saturated rings. The number of likely N-dealkylation sites (N-methyl/N-ethyl adjacent to an activating group) is 1. The van der Waals surface area contributed by atoms with Gasteiger partial charge in [0.25, 0.3) is 0 Å². The Labute approximate surface area is 176 Å². The molecule has 160 valence electrons. The fraction of sp³-hybridized carbons (Fsp3) is 0.571. The summed E-state index contributed by atoms with van der Waals surface area (Å²) in [5.74, 6) is 1.54. The molecule has 1 aromatic heterocycles. The number of nitrogens with zero attached hydrogens (tertiary/aromatic N) is 4. The third-order valence-corrected chi connectivity index (χ3v) is 8.79. The summed E-state index contributed by atoms with van der Waals surface area (Å²) >= 11 is 0. The minimum atomic E-state index is -3.68. The molecule has 0 bridgehead atoms. The second-order valence-corrected chi connectivity index (χ2v) is 11.0. The van der Waals surface area contributed by atoms with Crippen LogP contribution < -0.4 is 4.90 Å². The SMILES string of the molecule is CC(C)c1nc([C@@]23CCC[C@@H]2CN(S(=O)(=O)c2ccc4c(c2)CC(=O)N4C)C3)no1. The summed E-state index contributed by atoms with van der Waals surface area (Å²) in [5, 5.41) is 4.26. The van der Waals surface area contributed by atoms with Crippen molar-refractivity contribution >= 4 is 21.6 Å². The zero-order valence-electron chi connectivity index (χ0n) is 17.5. The van der Waals surface area contributed by atoms with Crippen molar-refractivity contribution in [2.75, 3.05) is 25.0 Å². The van der Waals surface area contributed by atoms with Crippen LogP contribution in [-0.2, 0) is 26.7 Å². The Morgan fingerprint density at radius 3 is 2.83 bits per heavy atom. The molecule has 0 radical (unpaired) electrons. The number of benzene rings is 1. The zero-order chi connectivity index (χ0) is 21.3. The van der Waals surface area contributed by atoms with Crippen molar-refractivity contribution in [2.45, 2.75) is 55.8 Å². The first-order chi connectivity index (χ1) is 14.2. The number of rotatable bonds is 4. The van der Waals surface area contributed by atoms with Gasteiger partial charge in [-0.15, -0.1) is 0 Å². The Hall–Kier alpha value is -2.26. The second-order valence-electron chi connectivity index (χ2n) is 9.07. The van der Waals surface area contributed by atoms with E-state index in [4.69, 9.17) is 4.52 Å². The first-order valence-electron chi connectivity index (χ1n) is 10.5. The lowest BCUT2D eigenvalue weighted by Gasteiger charge is -2.25. The number of anilines is 1. The lowest BCUT2D eigenvalue weighted by Crippen LogP contribution is -2.35. The molecular formula is C21H26N4O4S. The zero-order valence-corrected chi connectivity index (χ0v) is 18.3. The van der Waals surface area contributed by atoms with Crippen molar-refractivity contribution in [3.63, 3.8) is 0 Å². The van der Waals surface area contributed by atoms with Crippen LogP contribution in [0.3, 0.4) is 0 Å². The van der Waals surface area contributed by atoms with Crippen LogP contribution in [0.15, 0.2) is 27.6 Å². The van der Waals surface area contributed by atoms with Gasteiger partial charge in [-0.05, 0) is 42.5 Å². The van der Waals surface area contributed by atoms with E-state index in [1.165, 1.54) is 0 Å². The van der Waals surface area contributed by atoms with E-state index < -0.39 is 10.0 Å². The van der Waals surface area contributed by atoms with Crippen molar-refractivity contribution in [2.24, 2.45) is 5.92 Å². The largest absolute Gasteiger partial charge is 0.339 e. The summed E-state index contributed by atoms with van der Waals surface area (Å²) in [5.41, 5.74) is 1.16. The fourth-order valence-electron chi connectivity index (χ4n) is 5.22. The number of carbonyl (C=O) groups is 1. The summed E-state index contributed by atoms with van der Waals surface area (Å²) in [6.45, 7) is 4.84. The highest BCUT2D eigenvalue weighted by Crippen LogP contribution is 2.50. The highest BCUT2D eigenvalue weighted by atomic mass is 32.2. The summed E-state index contributed by atoms with van der Waals surface area (Å²) in [4.78, 5) is 18.4. The predicted molar refractivity (Wildman–Crippen MR) is 110 cm³/mol. The topological polar surface area (TPSA) is 96.6 Å². The van der Waals surface area contributed by atoms with E-state index in [1.54, 1.807) is 34.5 Å². The maximum Gasteiger partial charge on any atom is 0.243 e. The molecule has 9 heteroatoms. The van der Waals surface area contributed by atoms with Crippen LogP contribution in [0.2, 0.25) is 0 Å². The van der Waals surface area contributed by atoms with Gasteiger partial charge in [-0.25, -0.2) is 8.42 Å². The van der Waals surface area contributed by atoms with Gasteiger partial charge in [-0.1, -0.05) is 25.4 Å². The Balaban J connectivity index is 1.47. The van der Waals surface area contributed by atoms with E-state index in [0.29, 0.717) is 24.8 Å². The van der Waals surface area contributed by atoms with Crippen molar-refractivity contribution in [3.8, 4) is 0 Å². The molecule has 2 atom stereocenters. The molecule has 0 spiro atoms. The van der Waals surface area contributed by atoms with Crippen LogP contribution in [0.4, 0.5) is 5.69 Å². The average Bonchev–Trinajstić information content (AvgIpc) is 3.44. The molecule has 1 amide bonds. The first-order valence-corrected chi connectivity index (χ1v) is 11.9. The Kier molecular flexibility index (Phi) is 4.34. The van der Waals surface area contributed by atoms with Crippen LogP contribution in [0.1, 0.15) is 56.3 Å². The van der Waals surface area contributed by atoms with Crippen LogP contribution in [0.5, 0.6) is 0 Å². The molecule has 3 heterocycles. The van der Waals surface area contributed by atoms with E-state index in [2.05, 4.69) is 10.1 Å². The molecule has 1 saturated carbocycles. The molecule has 30 heavy (non-hydrogen) atoms. The number of hydrogen-bond acceptors (Lipinski definition) is 6. The summed E-state index contributed by atoms with van der Waals surface area (Å²) in [6, 6.07) is 4.99. The maximum absolute atomic E-state index is 13.5. The standard InChI is InChI=1S/C21H26N4O4S/c1-13(2)19-22-20(23-29-19)21-8-4-5-15(21)11-25(12-21)30(27,28)16-6-7-17-14(9-16)10-18(26)24(17)3/h6-7,9,13,15H,4-5,8,10-12H2,1-3H3/t15-,21-/m1/s1. The highest BCUT2D eigenvalue weighted by molar-refractivity contribution is 7.89. The molecule has 2 aromatic rings. The molecule has 1 aromatic carbocycles. The van der Waals surface area contributed by atoms with E-state index in [1.807, 2.05) is 13.8 Å². The Bertz CT molecular complexity index is 1130. The van der Waals surface area contributed by atoms with Crippen molar-refractivity contribution in [3.05, 3.63) is 35.5 Å². The normalized spacial score (nSPS) is 26.6. The van der Waals surface area contributed by atoms with Gasteiger partial charge in [-0.2, -0.15) is 9.29 Å². The quantitative estimate of drug-likeness (QED) is 0.739. The minimum Gasteiger partial charge on any atom is -0.339 e. The second kappa shape index (κ2) is 6.62. The smallest absolute Gasteiger partial charge is 0.243 e. The lowest BCUT2D eigenvalue weighted by molar-refractivity contribution is -0.117. The number of hydrogen-bond donors (Lipinski definition) is 0. The van der Waals surface area contributed by atoms with Crippen molar-refractivity contribution in [1.82, 2.24) is 14.4 Å². The van der Waals surface area contributed by atoms with Crippen molar-refractivity contribution < 1.29 is 17.7 Å². The molecular weight excluding hydrogens is 404 g/mol.